The van der Waals surface area contributed by atoms with Gasteiger partial charge in [0.05, 0.1) is 0 Å². The molecule has 0 saturated heterocycles. The first-order valence-corrected chi connectivity index (χ1v) is 7.79. The second-order valence-electron chi connectivity index (χ2n) is 4.52. The van der Waals surface area contributed by atoms with E-state index in [1.54, 1.807) is 18.2 Å². The number of benzene rings is 1. The van der Waals surface area contributed by atoms with Crippen LogP contribution >= 0.6 is 11.8 Å². The van der Waals surface area contributed by atoms with E-state index in [4.69, 9.17) is 0 Å². The van der Waals surface area contributed by atoms with Crippen molar-refractivity contribution >= 4 is 17.7 Å². The molecule has 0 aliphatic rings. The Hall–Kier alpha value is -1.03. The minimum Gasteiger partial charge on any atom is -0.356 e. The Balaban J connectivity index is 2.22. The molecule has 0 atom stereocenters. The molecule has 0 aliphatic heterocycles. The summed E-state index contributed by atoms with van der Waals surface area (Å²) in [7, 11) is 0. The summed E-state index contributed by atoms with van der Waals surface area (Å²) in [5.74, 6) is 0.999. The van der Waals surface area contributed by atoms with Gasteiger partial charge in [0.25, 0.3) is 0 Å². The molecule has 4 heteroatoms. The molecule has 1 aromatic carbocycles. The summed E-state index contributed by atoms with van der Waals surface area (Å²) in [6.45, 7) is 5.01. The Morgan fingerprint density at radius 2 is 2.00 bits per heavy atom. The molecule has 0 heterocycles. The smallest absolute Gasteiger partial charge is 0.220 e. The highest BCUT2D eigenvalue weighted by molar-refractivity contribution is 7.99. The highest BCUT2D eigenvalue weighted by atomic mass is 32.2. The van der Waals surface area contributed by atoms with E-state index < -0.39 is 0 Å². The van der Waals surface area contributed by atoms with E-state index in [0.29, 0.717) is 23.0 Å². The van der Waals surface area contributed by atoms with Crippen LogP contribution in [-0.2, 0) is 4.79 Å². The normalized spacial score (nSPS) is 10.7. The number of nitrogens with one attached hydrogen (secondary N) is 1. The van der Waals surface area contributed by atoms with E-state index in [9.17, 15) is 9.18 Å². The maximum Gasteiger partial charge on any atom is 0.220 e. The van der Waals surface area contributed by atoms with Gasteiger partial charge in [0.15, 0.2) is 0 Å². The summed E-state index contributed by atoms with van der Waals surface area (Å²) < 4.78 is 13.3. The van der Waals surface area contributed by atoms with Gasteiger partial charge in [-0.1, -0.05) is 38.8 Å². The first-order chi connectivity index (χ1) is 9.17. The van der Waals surface area contributed by atoms with Gasteiger partial charge in [-0.25, -0.2) is 4.39 Å². The molecule has 0 aromatic heterocycles. The van der Waals surface area contributed by atoms with Crippen molar-refractivity contribution in [2.45, 2.75) is 38.0 Å². The molecular weight excluding hydrogens is 261 g/mol. The standard InChI is InChI=1S/C15H22FNOS/c1-3-12(4-2)11-17-15(18)9-10-19-14-8-6-5-7-13(14)16/h5-8,12H,3-4,9-11H2,1-2H3,(H,17,18). The van der Waals surface area contributed by atoms with E-state index in [2.05, 4.69) is 19.2 Å². The lowest BCUT2D eigenvalue weighted by Gasteiger charge is -2.13. The molecule has 0 fully saturated rings. The molecule has 0 unspecified atom stereocenters. The maximum absolute atomic E-state index is 13.3. The average molecular weight is 283 g/mol. The maximum atomic E-state index is 13.3. The van der Waals surface area contributed by atoms with E-state index in [0.717, 1.165) is 19.4 Å². The van der Waals surface area contributed by atoms with Crippen molar-refractivity contribution in [1.29, 1.82) is 0 Å². The molecule has 0 radical (unpaired) electrons. The highest BCUT2D eigenvalue weighted by Crippen LogP contribution is 2.21. The van der Waals surface area contributed by atoms with Crippen LogP contribution in [-0.4, -0.2) is 18.2 Å². The Morgan fingerprint density at radius 1 is 1.32 bits per heavy atom. The summed E-state index contributed by atoms with van der Waals surface area (Å²) in [6, 6.07) is 6.65. The number of amides is 1. The van der Waals surface area contributed by atoms with Crippen LogP contribution in [0.15, 0.2) is 29.2 Å². The first kappa shape index (κ1) is 16.0. The molecule has 2 nitrogen and oxygen atoms in total. The molecule has 0 spiro atoms. The number of rotatable bonds is 8. The minimum absolute atomic E-state index is 0.0516. The molecule has 0 aliphatic carbocycles. The Kier molecular flexibility index (Phi) is 7.56. The van der Waals surface area contributed by atoms with Gasteiger partial charge < -0.3 is 5.32 Å². The Morgan fingerprint density at radius 3 is 2.63 bits per heavy atom. The quantitative estimate of drug-likeness (QED) is 0.734. The van der Waals surface area contributed by atoms with Gasteiger partial charge in [-0.15, -0.1) is 11.8 Å². The number of hydrogen-bond acceptors (Lipinski definition) is 2. The van der Waals surface area contributed by atoms with Crippen molar-refractivity contribution in [3.8, 4) is 0 Å². The van der Waals surface area contributed by atoms with Gasteiger partial charge in [-0.3, -0.25) is 4.79 Å². The van der Waals surface area contributed by atoms with Crippen LogP contribution < -0.4 is 5.32 Å². The first-order valence-electron chi connectivity index (χ1n) is 6.81. The Labute approximate surface area is 119 Å². The van der Waals surface area contributed by atoms with Crippen molar-refractivity contribution in [2.75, 3.05) is 12.3 Å². The monoisotopic (exact) mass is 283 g/mol. The number of carbonyl (C=O) groups is 1. The van der Waals surface area contributed by atoms with Crippen LogP contribution in [0.1, 0.15) is 33.1 Å². The molecule has 106 valence electrons. The van der Waals surface area contributed by atoms with Gasteiger partial charge >= 0.3 is 0 Å². The van der Waals surface area contributed by atoms with Crippen LogP contribution in [0.2, 0.25) is 0 Å². The summed E-state index contributed by atoms with van der Waals surface area (Å²) in [5.41, 5.74) is 0. The molecular formula is C15H22FNOS. The second-order valence-corrected chi connectivity index (χ2v) is 5.65. The lowest BCUT2D eigenvalue weighted by Crippen LogP contribution is -2.29. The predicted octanol–water partition coefficient (Wildman–Crippen LogP) is 3.86. The SMILES string of the molecule is CCC(CC)CNC(=O)CCSc1ccccc1F. The third-order valence-electron chi connectivity index (χ3n) is 3.17. The molecule has 1 N–H and O–H groups in total. The molecule has 19 heavy (non-hydrogen) atoms. The number of thioether (sulfide) groups is 1. The third kappa shape index (κ3) is 6.10. The number of hydrogen-bond donors (Lipinski definition) is 1. The fourth-order valence-corrected chi connectivity index (χ4v) is 2.63. The van der Waals surface area contributed by atoms with Crippen LogP contribution in [0.25, 0.3) is 0 Å². The highest BCUT2D eigenvalue weighted by Gasteiger charge is 2.07. The predicted molar refractivity (Wildman–Crippen MR) is 78.8 cm³/mol. The van der Waals surface area contributed by atoms with Crippen molar-refractivity contribution in [3.05, 3.63) is 30.1 Å². The van der Waals surface area contributed by atoms with Crippen LogP contribution in [0.3, 0.4) is 0 Å². The molecule has 1 amide bonds. The van der Waals surface area contributed by atoms with Crippen molar-refractivity contribution < 1.29 is 9.18 Å². The zero-order valence-corrected chi connectivity index (χ0v) is 12.4. The van der Waals surface area contributed by atoms with E-state index >= 15 is 0 Å². The van der Waals surface area contributed by atoms with Gasteiger partial charge in [0, 0.05) is 23.6 Å². The van der Waals surface area contributed by atoms with E-state index in [-0.39, 0.29) is 11.7 Å². The molecule has 1 rings (SSSR count). The van der Waals surface area contributed by atoms with E-state index in [1.165, 1.54) is 17.8 Å². The summed E-state index contributed by atoms with van der Waals surface area (Å²) in [4.78, 5) is 12.2. The number of halogens is 1. The lowest BCUT2D eigenvalue weighted by atomic mass is 10.0. The molecule has 1 aromatic rings. The minimum atomic E-state index is -0.218. The topological polar surface area (TPSA) is 29.1 Å². The zero-order chi connectivity index (χ0) is 14.1. The van der Waals surface area contributed by atoms with Crippen molar-refractivity contribution in [1.82, 2.24) is 5.32 Å². The van der Waals surface area contributed by atoms with Gasteiger partial charge in [0.2, 0.25) is 5.91 Å². The molecule has 0 saturated carbocycles. The van der Waals surface area contributed by atoms with Gasteiger partial charge in [0.1, 0.15) is 5.82 Å². The molecule has 0 bridgehead atoms. The summed E-state index contributed by atoms with van der Waals surface area (Å²) in [6.07, 6.45) is 2.60. The Bertz CT molecular complexity index is 393. The van der Waals surface area contributed by atoms with Crippen LogP contribution in [0.5, 0.6) is 0 Å². The summed E-state index contributed by atoms with van der Waals surface area (Å²) >= 11 is 1.39. The average Bonchev–Trinajstić information content (AvgIpc) is 2.42. The van der Waals surface area contributed by atoms with E-state index in [1.807, 2.05) is 0 Å². The summed E-state index contributed by atoms with van der Waals surface area (Å²) in [5, 5.41) is 2.94. The van der Waals surface area contributed by atoms with Crippen molar-refractivity contribution in [3.63, 3.8) is 0 Å². The van der Waals surface area contributed by atoms with Gasteiger partial charge in [-0.2, -0.15) is 0 Å². The third-order valence-corrected chi connectivity index (χ3v) is 4.22. The fraction of sp³-hybridized carbons (Fsp3) is 0.533. The second kappa shape index (κ2) is 8.97. The fourth-order valence-electron chi connectivity index (χ4n) is 1.74. The van der Waals surface area contributed by atoms with Crippen LogP contribution in [0, 0.1) is 11.7 Å². The largest absolute Gasteiger partial charge is 0.356 e. The van der Waals surface area contributed by atoms with Crippen LogP contribution in [0.4, 0.5) is 4.39 Å². The lowest BCUT2D eigenvalue weighted by molar-refractivity contribution is -0.120. The number of carbonyl (C=O) groups excluding carboxylic acids is 1. The van der Waals surface area contributed by atoms with Crippen molar-refractivity contribution in [2.24, 2.45) is 5.92 Å². The van der Waals surface area contributed by atoms with Gasteiger partial charge in [-0.05, 0) is 18.1 Å². The zero-order valence-electron chi connectivity index (χ0n) is 11.6.